The number of benzene rings is 1. The number of aliphatic imine (C=N–C) groups is 1. The summed E-state index contributed by atoms with van der Waals surface area (Å²) in [6.45, 7) is 3.05. The molecule has 1 heterocycles. The number of aromatic nitrogens is 2. The number of nitrogens with one attached hydrogen (secondary N) is 2. The van der Waals surface area contributed by atoms with Crippen LogP contribution in [0.2, 0.25) is 0 Å². The highest BCUT2D eigenvalue weighted by molar-refractivity contribution is 14.0. The summed E-state index contributed by atoms with van der Waals surface area (Å²) < 4.78 is 27.7. The van der Waals surface area contributed by atoms with Crippen molar-refractivity contribution in [2.24, 2.45) is 10.9 Å². The lowest BCUT2D eigenvalue weighted by molar-refractivity contribution is 0.0671. The number of alkyl halides is 2. The van der Waals surface area contributed by atoms with Crippen molar-refractivity contribution >= 4 is 45.9 Å². The van der Waals surface area contributed by atoms with E-state index in [0.717, 1.165) is 28.4 Å². The normalized spacial score (nSPS) is 12.6. The van der Waals surface area contributed by atoms with E-state index < -0.39 is 6.55 Å². The molecule has 0 radical (unpaired) electrons. The van der Waals surface area contributed by atoms with E-state index >= 15 is 0 Å². The van der Waals surface area contributed by atoms with E-state index in [4.69, 9.17) is 0 Å². The standard InChI is InChI=1S/C19H26BrF2N5.HI/c1-3-14(10-15-6-5-7-16(20)11-15)12-25-19(23-4-2)26-13-17-24-8-9-27(17)18(21)22;/h5-9,11,14,18H,3-4,10,12-13H2,1-2H3,(H2,23,25,26);1H. The van der Waals surface area contributed by atoms with Crippen molar-refractivity contribution in [1.29, 1.82) is 0 Å². The van der Waals surface area contributed by atoms with Gasteiger partial charge in [-0.2, -0.15) is 8.78 Å². The van der Waals surface area contributed by atoms with Gasteiger partial charge in [0.25, 0.3) is 0 Å². The van der Waals surface area contributed by atoms with Crippen molar-refractivity contribution in [2.75, 3.05) is 13.1 Å². The molecule has 0 aliphatic carbocycles. The van der Waals surface area contributed by atoms with Gasteiger partial charge in [0.05, 0.1) is 0 Å². The summed E-state index contributed by atoms with van der Waals surface area (Å²) in [7, 11) is 0. The molecule has 5 nitrogen and oxygen atoms in total. The van der Waals surface area contributed by atoms with Crippen LogP contribution in [0.25, 0.3) is 0 Å². The zero-order valence-corrected chi connectivity index (χ0v) is 20.0. The fourth-order valence-electron chi connectivity index (χ4n) is 2.73. The van der Waals surface area contributed by atoms with Crippen LogP contribution in [0.15, 0.2) is 46.1 Å². The summed E-state index contributed by atoms with van der Waals surface area (Å²) in [5.74, 6) is 1.28. The first-order valence-electron chi connectivity index (χ1n) is 9.09. The molecule has 1 aromatic heterocycles. The number of hydrogen-bond acceptors (Lipinski definition) is 2. The van der Waals surface area contributed by atoms with Gasteiger partial charge in [-0.15, -0.1) is 24.0 Å². The SMILES string of the molecule is CCNC(=NCc1nccn1C(F)F)NCC(CC)Cc1cccc(Br)c1.I. The van der Waals surface area contributed by atoms with Crippen molar-refractivity contribution < 1.29 is 8.78 Å². The lowest BCUT2D eigenvalue weighted by Crippen LogP contribution is -2.40. The van der Waals surface area contributed by atoms with E-state index in [1.165, 1.54) is 18.0 Å². The molecule has 1 atom stereocenters. The molecule has 0 amide bonds. The summed E-state index contributed by atoms with van der Waals surface area (Å²) in [6.07, 6.45) is 4.61. The van der Waals surface area contributed by atoms with E-state index in [1.807, 2.05) is 19.1 Å². The van der Waals surface area contributed by atoms with E-state index in [9.17, 15) is 8.78 Å². The summed E-state index contributed by atoms with van der Waals surface area (Å²) in [5, 5.41) is 6.47. The van der Waals surface area contributed by atoms with Gasteiger partial charge in [0.1, 0.15) is 12.4 Å². The Kier molecular flexibility index (Phi) is 11.6. The number of rotatable bonds is 9. The van der Waals surface area contributed by atoms with Crippen LogP contribution >= 0.6 is 39.9 Å². The Balaban J connectivity index is 0.00000392. The second-order valence-corrected chi connectivity index (χ2v) is 7.13. The van der Waals surface area contributed by atoms with Crippen LogP contribution in [0, 0.1) is 5.92 Å². The topological polar surface area (TPSA) is 54.2 Å². The second-order valence-electron chi connectivity index (χ2n) is 6.21. The lowest BCUT2D eigenvalue weighted by atomic mass is 9.97. The Morgan fingerprint density at radius 2 is 2.07 bits per heavy atom. The zero-order valence-electron chi connectivity index (χ0n) is 16.0. The van der Waals surface area contributed by atoms with E-state index in [2.05, 4.69) is 55.6 Å². The van der Waals surface area contributed by atoms with Crippen LogP contribution in [0.5, 0.6) is 0 Å². The first kappa shape index (κ1) is 24.8. The first-order chi connectivity index (χ1) is 13.0. The third kappa shape index (κ3) is 8.02. The minimum Gasteiger partial charge on any atom is -0.357 e. The molecule has 2 N–H and O–H groups in total. The van der Waals surface area contributed by atoms with Gasteiger partial charge in [-0.3, -0.25) is 4.57 Å². The van der Waals surface area contributed by atoms with Gasteiger partial charge in [-0.1, -0.05) is 41.4 Å². The number of nitrogens with zero attached hydrogens (tertiary/aromatic N) is 3. The van der Waals surface area contributed by atoms with E-state index in [1.54, 1.807) is 0 Å². The molecular formula is C19H27BrF2IN5. The predicted octanol–water partition coefficient (Wildman–Crippen LogP) is 4.98. The van der Waals surface area contributed by atoms with Crippen molar-refractivity contribution in [3.63, 3.8) is 0 Å². The Bertz CT molecular complexity index is 739. The van der Waals surface area contributed by atoms with Gasteiger partial charge in [0.15, 0.2) is 5.96 Å². The average Bonchev–Trinajstić information content (AvgIpc) is 3.11. The Hall–Kier alpha value is -1.23. The van der Waals surface area contributed by atoms with E-state index in [0.29, 0.717) is 18.4 Å². The Labute approximate surface area is 190 Å². The molecule has 1 aromatic carbocycles. The zero-order chi connectivity index (χ0) is 19.6. The maximum Gasteiger partial charge on any atom is 0.319 e. The number of guanidine groups is 1. The van der Waals surface area contributed by atoms with Crippen LogP contribution in [-0.4, -0.2) is 28.6 Å². The molecule has 0 bridgehead atoms. The van der Waals surface area contributed by atoms with Crippen molar-refractivity contribution in [2.45, 2.75) is 39.8 Å². The number of halogens is 4. The predicted molar refractivity (Wildman–Crippen MR) is 123 cm³/mol. The summed E-state index contributed by atoms with van der Waals surface area (Å²) in [4.78, 5) is 8.36. The highest BCUT2D eigenvalue weighted by Crippen LogP contribution is 2.17. The summed E-state index contributed by atoms with van der Waals surface area (Å²) in [5.41, 5.74) is 1.28. The molecule has 0 aliphatic heterocycles. The molecule has 0 saturated heterocycles. The van der Waals surface area contributed by atoms with Gasteiger partial charge < -0.3 is 10.6 Å². The lowest BCUT2D eigenvalue weighted by Gasteiger charge is -2.18. The Morgan fingerprint density at radius 3 is 2.71 bits per heavy atom. The first-order valence-corrected chi connectivity index (χ1v) is 9.89. The quantitative estimate of drug-likeness (QED) is 0.254. The third-order valence-corrected chi connectivity index (χ3v) is 4.72. The van der Waals surface area contributed by atoms with Crippen LogP contribution in [-0.2, 0) is 13.0 Å². The van der Waals surface area contributed by atoms with Gasteiger partial charge in [-0.05, 0) is 37.0 Å². The monoisotopic (exact) mass is 569 g/mol. The van der Waals surface area contributed by atoms with Crippen LogP contribution in [0.3, 0.4) is 0 Å². The average molecular weight is 570 g/mol. The smallest absolute Gasteiger partial charge is 0.319 e. The van der Waals surface area contributed by atoms with E-state index in [-0.39, 0.29) is 36.3 Å². The molecule has 2 aromatic rings. The highest BCUT2D eigenvalue weighted by Gasteiger charge is 2.12. The Morgan fingerprint density at radius 1 is 1.29 bits per heavy atom. The maximum absolute atomic E-state index is 12.9. The van der Waals surface area contributed by atoms with Crippen LogP contribution < -0.4 is 10.6 Å². The van der Waals surface area contributed by atoms with Crippen LogP contribution in [0.1, 0.15) is 38.2 Å². The number of imidazole rings is 1. The van der Waals surface area contributed by atoms with Crippen molar-refractivity contribution in [3.05, 3.63) is 52.5 Å². The van der Waals surface area contributed by atoms with Gasteiger partial charge in [-0.25, -0.2) is 9.98 Å². The fraction of sp³-hybridized carbons (Fsp3) is 0.474. The number of hydrogen-bond donors (Lipinski definition) is 2. The van der Waals surface area contributed by atoms with Gasteiger partial charge in [0.2, 0.25) is 0 Å². The van der Waals surface area contributed by atoms with Gasteiger partial charge >= 0.3 is 6.55 Å². The molecule has 0 aliphatic rings. The summed E-state index contributed by atoms with van der Waals surface area (Å²) in [6, 6.07) is 8.31. The highest BCUT2D eigenvalue weighted by atomic mass is 127. The second kappa shape index (κ2) is 13.1. The minimum absolute atomic E-state index is 0. The fourth-order valence-corrected chi connectivity index (χ4v) is 3.18. The molecule has 2 rings (SSSR count). The van der Waals surface area contributed by atoms with Crippen molar-refractivity contribution in [3.8, 4) is 0 Å². The largest absolute Gasteiger partial charge is 0.357 e. The maximum atomic E-state index is 12.9. The summed E-state index contributed by atoms with van der Waals surface area (Å²) >= 11 is 3.51. The molecule has 1 unspecified atom stereocenters. The minimum atomic E-state index is -2.61. The molecule has 9 heteroatoms. The van der Waals surface area contributed by atoms with Crippen LogP contribution in [0.4, 0.5) is 8.78 Å². The molecule has 28 heavy (non-hydrogen) atoms. The molecule has 0 spiro atoms. The molecular weight excluding hydrogens is 543 g/mol. The molecule has 0 fully saturated rings. The third-order valence-electron chi connectivity index (χ3n) is 4.23. The van der Waals surface area contributed by atoms with Gasteiger partial charge in [0, 0.05) is 30.0 Å². The molecule has 0 saturated carbocycles. The molecule has 156 valence electrons. The van der Waals surface area contributed by atoms with Crippen molar-refractivity contribution in [1.82, 2.24) is 20.2 Å².